The second-order valence-corrected chi connectivity index (χ2v) is 4.91. The lowest BCUT2D eigenvalue weighted by Gasteiger charge is -2.02. The van der Waals surface area contributed by atoms with Gasteiger partial charge in [0.15, 0.2) is 5.03 Å². The fraction of sp³-hybridized carbons (Fsp3) is 0.0833. The van der Waals surface area contributed by atoms with Gasteiger partial charge >= 0.3 is 5.69 Å². The molecule has 6 heteroatoms. The summed E-state index contributed by atoms with van der Waals surface area (Å²) in [5, 5.41) is 11.5. The number of halogens is 1. The molecule has 0 aliphatic carbocycles. The van der Waals surface area contributed by atoms with Crippen LogP contribution in [0.1, 0.15) is 5.56 Å². The Morgan fingerprint density at radius 1 is 1.33 bits per heavy atom. The van der Waals surface area contributed by atoms with Crippen LogP contribution < -0.4 is 0 Å². The molecule has 0 N–H and O–H groups in total. The Morgan fingerprint density at radius 3 is 2.72 bits per heavy atom. The molecule has 18 heavy (non-hydrogen) atoms. The lowest BCUT2D eigenvalue weighted by Crippen LogP contribution is -1.93. The topological polar surface area (TPSA) is 56.0 Å². The molecule has 2 rings (SSSR count). The van der Waals surface area contributed by atoms with E-state index in [2.05, 4.69) is 4.98 Å². The summed E-state index contributed by atoms with van der Waals surface area (Å²) in [5.74, 6) is 0.635. The predicted octanol–water partition coefficient (Wildman–Crippen LogP) is 3.94. The van der Waals surface area contributed by atoms with E-state index in [0.29, 0.717) is 10.8 Å². The molecule has 0 saturated heterocycles. The molecular weight excluding hydrogens is 272 g/mol. The van der Waals surface area contributed by atoms with Crippen molar-refractivity contribution < 1.29 is 4.92 Å². The van der Waals surface area contributed by atoms with Crippen LogP contribution in [0, 0.1) is 10.1 Å². The van der Waals surface area contributed by atoms with Gasteiger partial charge in [-0.25, -0.2) is 4.98 Å². The Bertz CT molecular complexity index is 563. The van der Waals surface area contributed by atoms with E-state index in [1.54, 1.807) is 0 Å². The normalized spacial score (nSPS) is 10.3. The predicted molar refractivity (Wildman–Crippen MR) is 71.9 cm³/mol. The molecule has 0 saturated carbocycles. The Kier molecular flexibility index (Phi) is 4.17. The summed E-state index contributed by atoms with van der Waals surface area (Å²) in [6.07, 6.45) is 1.42. The van der Waals surface area contributed by atoms with Crippen LogP contribution in [0.15, 0.2) is 47.6 Å². The minimum atomic E-state index is -0.466. The highest BCUT2D eigenvalue weighted by atomic mass is 35.5. The molecule has 0 atom stereocenters. The molecule has 1 aromatic heterocycles. The molecule has 0 fully saturated rings. The molecule has 0 spiro atoms. The van der Waals surface area contributed by atoms with Crippen molar-refractivity contribution in [1.29, 1.82) is 0 Å². The number of rotatable bonds is 4. The molecule has 4 nitrogen and oxygen atoms in total. The molecule has 0 bridgehead atoms. The van der Waals surface area contributed by atoms with Crippen molar-refractivity contribution in [2.75, 3.05) is 0 Å². The Hall–Kier alpha value is -1.59. The van der Waals surface area contributed by atoms with Gasteiger partial charge in [-0.2, -0.15) is 0 Å². The molecule has 0 aliphatic rings. The Morgan fingerprint density at radius 2 is 2.06 bits per heavy atom. The molecular formula is C12H9ClN2O2S. The zero-order chi connectivity index (χ0) is 13.0. The molecule has 0 amide bonds. The number of benzene rings is 1. The average molecular weight is 281 g/mol. The number of pyridine rings is 1. The van der Waals surface area contributed by atoms with E-state index in [-0.39, 0.29) is 10.7 Å². The fourth-order valence-corrected chi connectivity index (χ4v) is 2.44. The highest BCUT2D eigenvalue weighted by molar-refractivity contribution is 7.98. The monoisotopic (exact) mass is 280 g/mol. The molecule has 0 aliphatic heterocycles. The van der Waals surface area contributed by atoms with Crippen LogP contribution in [0.25, 0.3) is 0 Å². The summed E-state index contributed by atoms with van der Waals surface area (Å²) in [6, 6.07) is 11.0. The largest absolute Gasteiger partial charge is 0.302 e. The van der Waals surface area contributed by atoms with Crippen molar-refractivity contribution in [1.82, 2.24) is 4.98 Å². The zero-order valence-electron chi connectivity index (χ0n) is 9.25. The Balaban J connectivity index is 2.17. The lowest BCUT2D eigenvalue weighted by atomic mass is 10.2. The Labute approximate surface area is 113 Å². The molecule has 2 aromatic rings. The lowest BCUT2D eigenvalue weighted by molar-refractivity contribution is -0.388. The van der Waals surface area contributed by atoms with Crippen LogP contribution in [-0.4, -0.2) is 9.91 Å². The molecule has 1 heterocycles. The van der Waals surface area contributed by atoms with Crippen LogP contribution in [0.3, 0.4) is 0 Å². The smallest absolute Gasteiger partial charge is 0.258 e. The number of nitro groups is 1. The SMILES string of the molecule is O=[N+]([O-])c1cc(Cl)cnc1SCc1ccccc1. The van der Waals surface area contributed by atoms with E-state index in [0.717, 1.165) is 5.56 Å². The van der Waals surface area contributed by atoms with Crippen molar-refractivity contribution in [3.63, 3.8) is 0 Å². The molecule has 1 aromatic carbocycles. The van der Waals surface area contributed by atoms with Gasteiger partial charge in [-0.05, 0) is 5.56 Å². The first-order valence-electron chi connectivity index (χ1n) is 5.13. The van der Waals surface area contributed by atoms with Crippen molar-refractivity contribution >= 4 is 29.1 Å². The van der Waals surface area contributed by atoms with Crippen LogP contribution in [0.2, 0.25) is 5.02 Å². The maximum atomic E-state index is 10.9. The van der Waals surface area contributed by atoms with Crippen molar-refractivity contribution in [2.24, 2.45) is 0 Å². The fourth-order valence-electron chi connectivity index (χ4n) is 1.38. The van der Waals surface area contributed by atoms with E-state index in [9.17, 15) is 10.1 Å². The van der Waals surface area contributed by atoms with Gasteiger partial charge in [0.25, 0.3) is 0 Å². The van der Waals surface area contributed by atoms with Gasteiger partial charge in [0.2, 0.25) is 0 Å². The summed E-state index contributed by atoms with van der Waals surface area (Å²) in [7, 11) is 0. The first kappa shape index (κ1) is 12.9. The van der Waals surface area contributed by atoms with E-state index < -0.39 is 4.92 Å². The van der Waals surface area contributed by atoms with Gasteiger partial charge in [-0.1, -0.05) is 53.7 Å². The molecule has 0 radical (unpaired) electrons. The first-order valence-corrected chi connectivity index (χ1v) is 6.50. The number of thioether (sulfide) groups is 1. The van der Waals surface area contributed by atoms with Crippen molar-refractivity contribution in [3.05, 3.63) is 63.3 Å². The molecule has 0 unspecified atom stereocenters. The van der Waals surface area contributed by atoms with Crippen LogP contribution >= 0.6 is 23.4 Å². The van der Waals surface area contributed by atoms with Gasteiger partial charge in [0, 0.05) is 18.0 Å². The number of hydrogen-bond donors (Lipinski definition) is 0. The van der Waals surface area contributed by atoms with Crippen molar-refractivity contribution in [3.8, 4) is 0 Å². The second-order valence-electron chi connectivity index (χ2n) is 3.51. The maximum Gasteiger partial charge on any atom is 0.302 e. The minimum Gasteiger partial charge on any atom is -0.258 e. The third-order valence-electron chi connectivity index (χ3n) is 2.21. The molecule has 92 valence electrons. The van der Waals surface area contributed by atoms with Crippen LogP contribution in [0.5, 0.6) is 0 Å². The van der Waals surface area contributed by atoms with Crippen LogP contribution in [0.4, 0.5) is 5.69 Å². The van der Waals surface area contributed by atoms with E-state index >= 15 is 0 Å². The summed E-state index contributed by atoms with van der Waals surface area (Å²) in [4.78, 5) is 14.4. The van der Waals surface area contributed by atoms with Gasteiger partial charge < -0.3 is 0 Å². The quantitative estimate of drug-likeness (QED) is 0.484. The average Bonchev–Trinajstić information content (AvgIpc) is 2.38. The van der Waals surface area contributed by atoms with E-state index in [1.807, 2.05) is 30.3 Å². The van der Waals surface area contributed by atoms with Gasteiger partial charge in [-0.3, -0.25) is 10.1 Å². The summed E-state index contributed by atoms with van der Waals surface area (Å²) < 4.78 is 0. The maximum absolute atomic E-state index is 10.9. The summed E-state index contributed by atoms with van der Waals surface area (Å²) in [6.45, 7) is 0. The highest BCUT2D eigenvalue weighted by Gasteiger charge is 2.16. The first-order chi connectivity index (χ1) is 8.66. The zero-order valence-corrected chi connectivity index (χ0v) is 10.8. The number of nitrogens with zero attached hydrogens (tertiary/aromatic N) is 2. The van der Waals surface area contributed by atoms with Gasteiger partial charge in [0.05, 0.1) is 9.95 Å². The second kappa shape index (κ2) is 5.84. The van der Waals surface area contributed by atoms with E-state index in [4.69, 9.17) is 11.6 Å². The highest BCUT2D eigenvalue weighted by Crippen LogP contribution is 2.31. The van der Waals surface area contributed by atoms with E-state index in [1.165, 1.54) is 24.0 Å². The standard InChI is InChI=1S/C12H9ClN2O2S/c13-10-6-11(15(16)17)12(14-7-10)18-8-9-4-2-1-3-5-9/h1-7H,8H2. The summed E-state index contributed by atoms with van der Waals surface area (Å²) in [5.41, 5.74) is 1.04. The van der Waals surface area contributed by atoms with Gasteiger partial charge in [0.1, 0.15) is 0 Å². The third-order valence-corrected chi connectivity index (χ3v) is 3.49. The van der Waals surface area contributed by atoms with Gasteiger partial charge in [-0.15, -0.1) is 0 Å². The van der Waals surface area contributed by atoms with Crippen molar-refractivity contribution in [2.45, 2.75) is 10.8 Å². The number of aromatic nitrogens is 1. The summed E-state index contributed by atoms with van der Waals surface area (Å²) >= 11 is 7.03. The van der Waals surface area contributed by atoms with Crippen LogP contribution in [-0.2, 0) is 5.75 Å². The number of hydrogen-bond acceptors (Lipinski definition) is 4. The minimum absolute atomic E-state index is 0.0524. The third kappa shape index (κ3) is 3.21.